The Balaban J connectivity index is 3.28. The van der Waals surface area contributed by atoms with Gasteiger partial charge < -0.3 is 4.74 Å². The van der Waals surface area contributed by atoms with E-state index in [0.29, 0.717) is 10.2 Å². The molecule has 0 radical (unpaired) electrons. The number of pyridine rings is 1. The van der Waals surface area contributed by atoms with E-state index >= 15 is 0 Å². The normalized spacial score (nSPS) is 10.7. The molecule has 0 bridgehead atoms. The lowest BCUT2D eigenvalue weighted by Gasteiger charge is -2.10. The SMILES string of the molecule is COc1cnc(C(F)F)c(CCl)c1Br. The van der Waals surface area contributed by atoms with Crippen LogP contribution in [0.2, 0.25) is 0 Å². The van der Waals surface area contributed by atoms with E-state index in [1.807, 2.05) is 0 Å². The number of nitrogens with zero attached hydrogens (tertiary/aromatic N) is 1. The minimum Gasteiger partial charge on any atom is -0.494 e. The Labute approximate surface area is 93.4 Å². The molecule has 0 N–H and O–H groups in total. The van der Waals surface area contributed by atoms with E-state index in [2.05, 4.69) is 20.9 Å². The fraction of sp³-hybridized carbons (Fsp3) is 0.375. The van der Waals surface area contributed by atoms with Gasteiger partial charge in [-0.1, -0.05) is 0 Å². The first-order valence-electron chi connectivity index (χ1n) is 3.67. The lowest BCUT2D eigenvalue weighted by Crippen LogP contribution is -2.00. The Bertz CT molecular complexity index is 335. The Morgan fingerprint density at radius 2 is 2.29 bits per heavy atom. The number of ether oxygens (including phenoxy) is 1. The standard InChI is InChI=1S/C8H7BrClF2NO/c1-14-5-3-13-7(8(11)12)4(2-10)6(5)9/h3,8H,2H2,1H3. The van der Waals surface area contributed by atoms with Crippen molar-refractivity contribution >= 4 is 27.5 Å². The zero-order chi connectivity index (χ0) is 10.7. The van der Waals surface area contributed by atoms with E-state index in [1.165, 1.54) is 13.3 Å². The molecule has 1 aromatic rings. The van der Waals surface area contributed by atoms with Crippen LogP contribution in [0.15, 0.2) is 10.7 Å². The van der Waals surface area contributed by atoms with Crippen molar-refractivity contribution in [2.75, 3.05) is 7.11 Å². The highest BCUT2D eigenvalue weighted by atomic mass is 79.9. The van der Waals surface area contributed by atoms with Crippen LogP contribution in [0, 0.1) is 0 Å². The number of aromatic nitrogens is 1. The van der Waals surface area contributed by atoms with Crippen molar-refractivity contribution in [2.45, 2.75) is 12.3 Å². The Hall–Kier alpha value is -0.420. The van der Waals surface area contributed by atoms with Gasteiger partial charge in [0.25, 0.3) is 6.43 Å². The van der Waals surface area contributed by atoms with Crippen LogP contribution in [0.3, 0.4) is 0 Å². The molecule has 0 aromatic carbocycles. The molecule has 0 aliphatic carbocycles. The predicted molar refractivity (Wildman–Crippen MR) is 53.0 cm³/mol. The molecule has 0 fully saturated rings. The number of methoxy groups -OCH3 is 1. The fourth-order valence-electron chi connectivity index (χ4n) is 0.981. The van der Waals surface area contributed by atoms with Crippen LogP contribution in [-0.2, 0) is 5.88 Å². The summed E-state index contributed by atoms with van der Waals surface area (Å²) in [5.41, 5.74) is -0.0475. The third kappa shape index (κ3) is 2.15. The van der Waals surface area contributed by atoms with E-state index in [1.54, 1.807) is 0 Å². The van der Waals surface area contributed by atoms with Gasteiger partial charge in [-0.05, 0) is 15.9 Å². The van der Waals surface area contributed by atoms with Gasteiger partial charge in [0.05, 0.1) is 23.7 Å². The van der Waals surface area contributed by atoms with Gasteiger partial charge in [-0.3, -0.25) is 4.98 Å². The van der Waals surface area contributed by atoms with Gasteiger partial charge in [-0.15, -0.1) is 11.6 Å². The van der Waals surface area contributed by atoms with Gasteiger partial charge in [0.1, 0.15) is 5.69 Å². The van der Waals surface area contributed by atoms with Crippen LogP contribution >= 0.6 is 27.5 Å². The van der Waals surface area contributed by atoms with Crippen molar-refractivity contribution in [3.8, 4) is 5.75 Å². The Morgan fingerprint density at radius 1 is 1.64 bits per heavy atom. The van der Waals surface area contributed by atoms with Crippen molar-refractivity contribution in [3.05, 3.63) is 21.9 Å². The van der Waals surface area contributed by atoms with Gasteiger partial charge in [0.2, 0.25) is 0 Å². The maximum absolute atomic E-state index is 12.4. The van der Waals surface area contributed by atoms with E-state index < -0.39 is 6.43 Å². The molecule has 1 aromatic heterocycles. The minimum atomic E-state index is -2.63. The smallest absolute Gasteiger partial charge is 0.280 e. The summed E-state index contributed by atoms with van der Waals surface area (Å²) in [6.07, 6.45) is -1.40. The zero-order valence-electron chi connectivity index (χ0n) is 7.23. The van der Waals surface area contributed by atoms with Crippen molar-refractivity contribution in [2.24, 2.45) is 0 Å². The lowest BCUT2D eigenvalue weighted by molar-refractivity contribution is 0.145. The van der Waals surface area contributed by atoms with E-state index in [0.717, 1.165) is 0 Å². The molecule has 1 rings (SSSR count). The van der Waals surface area contributed by atoms with Crippen molar-refractivity contribution < 1.29 is 13.5 Å². The van der Waals surface area contributed by atoms with Crippen molar-refractivity contribution in [1.82, 2.24) is 4.98 Å². The Kier molecular flexibility index (Phi) is 4.07. The molecule has 0 unspecified atom stereocenters. The molecular weight excluding hydrogens is 279 g/mol. The second kappa shape index (κ2) is 4.89. The topological polar surface area (TPSA) is 22.1 Å². The third-order valence-electron chi connectivity index (χ3n) is 1.67. The average molecular weight is 287 g/mol. The van der Waals surface area contributed by atoms with Gasteiger partial charge in [-0.2, -0.15) is 0 Å². The number of alkyl halides is 3. The molecule has 2 nitrogen and oxygen atoms in total. The van der Waals surface area contributed by atoms with Gasteiger partial charge in [-0.25, -0.2) is 8.78 Å². The minimum absolute atomic E-state index is 0.0372. The summed E-state index contributed by atoms with van der Waals surface area (Å²) < 4.78 is 30.2. The summed E-state index contributed by atoms with van der Waals surface area (Å²) in [7, 11) is 1.43. The van der Waals surface area contributed by atoms with Crippen LogP contribution in [0.4, 0.5) is 8.78 Å². The van der Waals surface area contributed by atoms with Crippen LogP contribution in [0.1, 0.15) is 17.7 Å². The first kappa shape index (κ1) is 11.7. The first-order chi connectivity index (χ1) is 6.61. The van der Waals surface area contributed by atoms with Gasteiger partial charge in [0, 0.05) is 5.56 Å². The largest absolute Gasteiger partial charge is 0.494 e. The second-order valence-corrected chi connectivity index (χ2v) is 3.50. The molecule has 0 atom stereocenters. The monoisotopic (exact) mass is 285 g/mol. The molecule has 1 heterocycles. The van der Waals surface area contributed by atoms with Crippen molar-refractivity contribution in [1.29, 1.82) is 0 Å². The Morgan fingerprint density at radius 3 is 2.71 bits per heavy atom. The van der Waals surface area contributed by atoms with E-state index in [-0.39, 0.29) is 17.1 Å². The molecule has 0 amide bonds. The number of hydrogen-bond acceptors (Lipinski definition) is 2. The first-order valence-corrected chi connectivity index (χ1v) is 5.00. The summed E-state index contributed by atoms with van der Waals surface area (Å²) in [5, 5.41) is 0. The molecule has 14 heavy (non-hydrogen) atoms. The summed E-state index contributed by atoms with van der Waals surface area (Å²) >= 11 is 8.69. The van der Waals surface area contributed by atoms with Crippen LogP contribution in [0.25, 0.3) is 0 Å². The molecule has 6 heteroatoms. The fourth-order valence-corrected chi connectivity index (χ4v) is 2.02. The van der Waals surface area contributed by atoms with Gasteiger partial charge >= 0.3 is 0 Å². The quantitative estimate of drug-likeness (QED) is 0.793. The number of hydrogen-bond donors (Lipinski definition) is 0. The van der Waals surface area contributed by atoms with Crippen molar-refractivity contribution in [3.63, 3.8) is 0 Å². The third-order valence-corrected chi connectivity index (χ3v) is 2.81. The average Bonchev–Trinajstić information content (AvgIpc) is 2.17. The summed E-state index contributed by atoms with van der Waals surface area (Å²) in [6, 6.07) is 0. The molecule has 0 aliphatic heterocycles. The molecule has 0 saturated heterocycles. The maximum Gasteiger partial charge on any atom is 0.280 e. The van der Waals surface area contributed by atoms with Crippen LogP contribution in [0.5, 0.6) is 5.75 Å². The molecule has 0 spiro atoms. The molecular formula is C8H7BrClF2NO. The highest BCUT2D eigenvalue weighted by Gasteiger charge is 2.19. The summed E-state index contributed by atoms with van der Waals surface area (Å²) in [4.78, 5) is 3.59. The molecule has 78 valence electrons. The van der Waals surface area contributed by atoms with E-state index in [4.69, 9.17) is 16.3 Å². The summed E-state index contributed by atoms with van der Waals surface area (Å²) in [5.74, 6) is 0.356. The maximum atomic E-state index is 12.4. The highest BCUT2D eigenvalue weighted by Crippen LogP contribution is 2.34. The van der Waals surface area contributed by atoms with Gasteiger partial charge in [0.15, 0.2) is 5.75 Å². The van der Waals surface area contributed by atoms with E-state index in [9.17, 15) is 8.78 Å². The molecule has 0 aliphatic rings. The zero-order valence-corrected chi connectivity index (χ0v) is 9.57. The predicted octanol–water partition coefficient (Wildman–Crippen LogP) is 3.53. The number of halogens is 4. The molecule has 0 saturated carbocycles. The highest BCUT2D eigenvalue weighted by molar-refractivity contribution is 9.10. The second-order valence-electron chi connectivity index (χ2n) is 2.44. The van der Waals surface area contributed by atoms with Crippen LogP contribution < -0.4 is 4.74 Å². The lowest BCUT2D eigenvalue weighted by atomic mass is 10.2. The van der Waals surface area contributed by atoms with Crippen LogP contribution in [-0.4, -0.2) is 12.1 Å². The number of rotatable bonds is 3. The summed E-state index contributed by atoms with van der Waals surface area (Å²) in [6.45, 7) is 0.